The molecule has 1 saturated carbocycles. The van der Waals surface area contributed by atoms with E-state index in [1.807, 2.05) is 19.1 Å². The molecule has 0 radical (unpaired) electrons. The number of nitrogens with two attached hydrogens (primary N) is 1. The Morgan fingerprint density at radius 3 is 2.59 bits per heavy atom. The second-order valence-electron chi connectivity index (χ2n) is 4.30. The molecule has 0 spiro atoms. The second kappa shape index (κ2) is 5.96. The van der Waals surface area contributed by atoms with Crippen LogP contribution < -0.4 is 5.73 Å². The van der Waals surface area contributed by atoms with Gasteiger partial charge in [-0.05, 0) is 31.0 Å². The second-order valence-corrected chi connectivity index (χ2v) is 5.21. The van der Waals surface area contributed by atoms with E-state index in [9.17, 15) is 0 Å². The van der Waals surface area contributed by atoms with Gasteiger partial charge in [-0.1, -0.05) is 28.1 Å². The molecule has 0 amide bonds. The molecule has 1 aliphatic carbocycles. The van der Waals surface area contributed by atoms with Crippen molar-refractivity contribution in [3.63, 3.8) is 0 Å². The largest absolute Gasteiger partial charge is 0.374 e. The molecule has 17 heavy (non-hydrogen) atoms. The summed E-state index contributed by atoms with van der Waals surface area (Å²) in [5.74, 6) is 0. The van der Waals surface area contributed by atoms with Crippen LogP contribution in [0.25, 0.3) is 0 Å². The fraction of sp³-hybridized carbons (Fsp3) is 0.538. The molecule has 3 nitrogen and oxygen atoms in total. The Labute approximate surface area is 110 Å². The van der Waals surface area contributed by atoms with E-state index >= 15 is 0 Å². The van der Waals surface area contributed by atoms with Gasteiger partial charge in [-0.25, -0.2) is 0 Å². The highest BCUT2D eigenvalue weighted by atomic mass is 79.9. The van der Waals surface area contributed by atoms with Crippen LogP contribution in [0.1, 0.15) is 18.9 Å². The van der Waals surface area contributed by atoms with Gasteiger partial charge in [-0.15, -0.1) is 0 Å². The Morgan fingerprint density at radius 2 is 2.00 bits per heavy atom. The minimum absolute atomic E-state index is 0.0652. The summed E-state index contributed by atoms with van der Waals surface area (Å²) >= 11 is 3.41. The Hall–Kier alpha value is -0.420. The van der Waals surface area contributed by atoms with Crippen molar-refractivity contribution in [2.24, 2.45) is 5.73 Å². The van der Waals surface area contributed by atoms with E-state index in [1.165, 1.54) is 5.56 Å². The zero-order valence-electron chi connectivity index (χ0n) is 9.93. The molecule has 0 saturated heterocycles. The number of halogens is 1. The van der Waals surface area contributed by atoms with Crippen LogP contribution in [-0.2, 0) is 16.1 Å². The van der Waals surface area contributed by atoms with Crippen molar-refractivity contribution < 1.29 is 9.47 Å². The number of ether oxygens (including phenoxy) is 2. The molecule has 1 aliphatic rings. The molecule has 2 rings (SSSR count). The lowest BCUT2D eigenvalue weighted by Gasteiger charge is -2.41. The maximum Gasteiger partial charge on any atom is 0.0988 e. The highest BCUT2D eigenvalue weighted by Gasteiger charge is 2.40. The molecule has 0 bridgehead atoms. The number of hydrogen-bond acceptors (Lipinski definition) is 3. The molecular formula is C13H18BrNO2. The van der Waals surface area contributed by atoms with Gasteiger partial charge in [0.15, 0.2) is 0 Å². The summed E-state index contributed by atoms with van der Waals surface area (Å²) in [7, 11) is 0. The van der Waals surface area contributed by atoms with Crippen molar-refractivity contribution >= 4 is 15.9 Å². The highest BCUT2D eigenvalue weighted by Crippen LogP contribution is 2.26. The SMILES string of the molecule is CCOC1C(N)CC1OCc1ccc(Br)cc1. The van der Waals surface area contributed by atoms with Crippen LogP contribution in [0.4, 0.5) is 0 Å². The molecule has 0 heterocycles. The molecular weight excluding hydrogens is 282 g/mol. The van der Waals surface area contributed by atoms with Crippen LogP contribution in [0, 0.1) is 0 Å². The van der Waals surface area contributed by atoms with Gasteiger partial charge in [0.1, 0.15) is 0 Å². The predicted octanol–water partition coefficient (Wildman–Crippen LogP) is 2.47. The molecule has 94 valence electrons. The predicted molar refractivity (Wildman–Crippen MR) is 70.7 cm³/mol. The fourth-order valence-corrected chi connectivity index (χ4v) is 2.25. The van der Waals surface area contributed by atoms with Crippen LogP contribution in [0.5, 0.6) is 0 Å². The molecule has 1 fully saturated rings. The maximum atomic E-state index is 5.88. The zero-order chi connectivity index (χ0) is 12.3. The van der Waals surface area contributed by atoms with Crippen molar-refractivity contribution in [3.05, 3.63) is 34.3 Å². The van der Waals surface area contributed by atoms with Crippen molar-refractivity contribution in [1.29, 1.82) is 0 Å². The van der Waals surface area contributed by atoms with Crippen molar-refractivity contribution in [2.45, 2.75) is 38.2 Å². The molecule has 1 aromatic carbocycles. The van der Waals surface area contributed by atoms with Gasteiger partial charge in [-0.2, -0.15) is 0 Å². The first kappa shape index (κ1) is 13.0. The van der Waals surface area contributed by atoms with Gasteiger partial charge in [-0.3, -0.25) is 0 Å². The average Bonchev–Trinajstić information content (AvgIpc) is 2.33. The van der Waals surface area contributed by atoms with E-state index in [0.717, 1.165) is 10.9 Å². The summed E-state index contributed by atoms with van der Waals surface area (Å²) in [6.45, 7) is 3.29. The van der Waals surface area contributed by atoms with Gasteiger partial charge in [0, 0.05) is 17.1 Å². The van der Waals surface area contributed by atoms with Gasteiger partial charge in [0.05, 0.1) is 18.8 Å². The molecule has 3 unspecified atom stereocenters. The van der Waals surface area contributed by atoms with E-state index in [-0.39, 0.29) is 18.2 Å². The van der Waals surface area contributed by atoms with E-state index in [2.05, 4.69) is 28.1 Å². The summed E-state index contributed by atoms with van der Waals surface area (Å²) in [4.78, 5) is 0. The van der Waals surface area contributed by atoms with E-state index < -0.39 is 0 Å². The van der Waals surface area contributed by atoms with Gasteiger partial charge in [0.2, 0.25) is 0 Å². The monoisotopic (exact) mass is 299 g/mol. The lowest BCUT2D eigenvalue weighted by atomic mass is 9.86. The molecule has 1 aromatic rings. The van der Waals surface area contributed by atoms with Crippen LogP contribution in [-0.4, -0.2) is 24.9 Å². The quantitative estimate of drug-likeness (QED) is 0.908. The number of benzene rings is 1. The first-order valence-electron chi connectivity index (χ1n) is 5.94. The summed E-state index contributed by atoms with van der Waals surface area (Å²) in [6, 6.07) is 8.28. The molecule has 0 aliphatic heterocycles. The summed E-state index contributed by atoms with van der Waals surface area (Å²) < 4.78 is 12.5. The Bertz CT molecular complexity index is 355. The van der Waals surface area contributed by atoms with Crippen LogP contribution in [0.15, 0.2) is 28.7 Å². The minimum atomic E-state index is 0.0652. The summed E-state index contributed by atoms with van der Waals surface area (Å²) in [5, 5.41) is 0. The Morgan fingerprint density at radius 1 is 1.29 bits per heavy atom. The first-order chi connectivity index (χ1) is 8.20. The van der Waals surface area contributed by atoms with Crippen molar-refractivity contribution in [1.82, 2.24) is 0 Å². The minimum Gasteiger partial charge on any atom is -0.374 e. The Kier molecular flexibility index (Phi) is 4.56. The van der Waals surface area contributed by atoms with Gasteiger partial charge >= 0.3 is 0 Å². The Balaban J connectivity index is 1.80. The standard InChI is InChI=1S/C13H18BrNO2/c1-2-16-13-11(15)7-12(13)17-8-9-3-5-10(14)6-4-9/h3-6,11-13H,2,7-8,15H2,1H3. The smallest absolute Gasteiger partial charge is 0.0988 e. The molecule has 2 N–H and O–H groups in total. The molecule has 0 aromatic heterocycles. The number of hydrogen-bond donors (Lipinski definition) is 1. The fourth-order valence-electron chi connectivity index (χ4n) is 1.99. The molecule has 4 heteroatoms. The molecule has 3 atom stereocenters. The summed E-state index contributed by atoms with van der Waals surface area (Å²) in [5.41, 5.74) is 7.05. The third-order valence-corrected chi connectivity index (χ3v) is 3.56. The van der Waals surface area contributed by atoms with Crippen molar-refractivity contribution in [3.8, 4) is 0 Å². The van der Waals surface area contributed by atoms with Gasteiger partial charge in [0.25, 0.3) is 0 Å². The third-order valence-electron chi connectivity index (χ3n) is 3.03. The number of rotatable bonds is 5. The zero-order valence-corrected chi connectivity index (χ0v) is 11.5. The van der Waals surface area contributed by atoms with Gasteiger partial charge < -0.3 is 15.2 Å². The van der Waals surface area contributed by atoms with Crippen LogP contribution >= 0.6 is 15.9 Å². The topological polar surface area (TPSA) is 44.5 Å². The van der Waals surface area contributed by atoms with Crippen molar-refractivity contribution in [2.75, 3.05) is 6.61 Å². The maximum absolute atomic E-state index is 5.88. The van der Waals surface area contributed by atoms with E-state index in [0.29, 0.717) is 13.2 Å². The lowest BCUT2D eigenvalue weighted by molar-refractivity contribution is -0.142. The highest BCUT2D eigenvalue weighted by molar-refractivity contribution is 9.10. The normalized spacial score (nSPS) is 27.8. The van der Waals surface area contributed by atoms with Crippen LogP contribution in [0.3, 0.4) is 0 Å². The lowest BCUT2D eigenvalue weighted by Crippen LogP contribution is -2.58. The van der Waals surface area contributed by atoms with E-state index in [4.69, 9.17) is 15.2 Å². The average molecular weight is 300 g/mol. The van der Waals surface area contributed by atoms with E-state index in [1.54, 1.807) is 0 Å². The third kappa shape index (κ3) is 3.28. The first-order valence-corrected chi connectivity index (χ1v) is 6.73. The van der Waals surface area contributed by atoms with Crippen LogP contribution in [0.2, 0.25) is 0 Å². The summed E-state index contributed by atoms with van der Waals surface area (Å²) in [6.07, 6.45) is 1.10.